The smallest absolute Gasteiger partial charge is 0.338 e. The molecule has 7 heteroatoms. The van der Waals surface area contributed by atoms with Gasteiger partial charge in [-0.2, -0.15) is 0 Å². The van der Waals surface area contributed by atoms with Crippen LogP contribution in [0.3, 0.4) is 0 Å². The largest absolute Gasteiger partial charge is 0.458 e. The zero-order valence-corrected chi connectivity index (χ0v) is 20.4. The maximum absolute atomic E-state index is 12.8. The van der Waals surface area contributed by atoms with Gasteiger partial charge in [0.25, 0.3) is 0 Å². The third-order valence-corrected chi connectivity index (χ3v) is 6.70. The van der Waals surface area contributed by atoms with Crippen LogP contribution in [0, 0.1) is 11.8 Å². The minimum atomic E-state index is -0.762. The predicted molar refractivity (Wildman–Crippen MR) is 131 cm³/mol. The van der Waals surface area contributed by atoms with E-state index in [0.29, 0.717) is 24.0 Å². The molecule has 0 bridgehead atoms. The molecule has 0 aliphatic carbocycles. The lowest BCUT2D eigenvalue weighted by Gasteiger charge is -2.25. The quantitative estimate of drug-likeness (QED) is 0.439. The first kappa shape index (κ1) is 26.9. The van der Waals surface area contributed by atoms with Crippen molar-refractivity contribution in [2.45, 2.75) is 63.9 Å². The standard InChI is InChI=1S/C28H36O7/c1-3-21(30)15-25-23(4-2)24(17-29)26(35-25)16-22(34-28(32)20-13-9-6-10-14-20)18-33-27(31)19-11-7-5-8-12-19/h5-14,21-26,29-30H,3-4,15-18H2,1-2H3/t21?,22-,23+,24+,25-,26+/m0/s1. The van der Waals surface area contributed by atoms with E-state index in [0.717, 1.165) is 6.42 Å². The van der Waals surface area contributed by atoms with Gasteiger partial charge in [0.05, 0.1) is 29.4 Å². The van der Waals surface area contributed by atoms with Crippen LogP contribution < -0.4 is 0 Å². The Morgan fingerprint density at radius 1 is 0.886 bits per heavy atom. The van der Waals surface area contributed by atoms with Crippen LogP contribution in [0.25, 0.3) is 0 Å². The van der Waals surface area contributed by atoms with Gasteiger partial charge in [-0.3, -0.25) is 0 Å². The molecule has 0 aromatic heterocycles. The molecule has 7 nitrogen and oxygen atoms in total. The molecule has 2 aromatic rings. The molecule has 6 atom stereocenters. The Balaban J connectivity index is 1.74. The van der Waals surface area contributed by atoms with Gasteiger partial charge < -0.3 is 24.4 Å². The third kappa shape index (κ3) is 7.37. The van der Waals surface area contributed by atoms with Gasteiger partial charge in [0.2, 0.25) is 0 Å². The van der Waals surface area contributed by atoms with Crippen LogP contribution in [0.5, 0.6) is 0 Å². The van der Waals surface area contributed by atoms with Gasteiger partial charge in [0.1, 0.15) is 12.7 Å². The Hall–Kier alpha value is -2.74. The van der Waals surface area contributed by atoms with E-state index in [1.807, 2.05) is 26.0 Å². The Bertz CT molecular complexity index is 917. The first-order valence-corrected chi connectivity index (χ1v) is 12.4. The molecule has 1 saturated heterocycles. The molecule has 2 N–H and O–H groups in total. The number of hydrogen-bond donors (Lipinski definition) is 2. The summed E-state index contributed by atoms with van der Waals surface area (Å²) in [5.74, 6) is -1.12. The lowest BCUT2D eigenvalue weighted by molar-refractivity contribution is -0.0456. The van der Waals surface area contributed by atoms with Gasteiger partial charge in [-0.05, 0) is 43.0 Å². The van der Waals surface area contributed by atoms with Crippen molar-refractivity contribution in [1.82, 2.24) is 0 Å². The second kappa shape index (κ2) is 13.4. The third-order valence-electron chi connectivity index (χ3n) is 6.70. The maximum atomic E-state index is 12.8. The van der Waals surface area contributed by atoms with Gasteiger partial charge in [-0.1, -0.05) is 56.7 Å². The van der Waals surface area contributed by atoms with Crippen LogP contribution in [0.1, 0.15) is 60.2 Å². The van der Waals surface area contributed by atoms with Crippen molar-refractivity contribution in [3.63, 3.8) is 0 Å². The highest BCUT2D eigenvalue weighted by molar-refractivity contribution is 5.90. The van der Waals surface area contributed by atoms with E-state index in [1.165, 1.54) is 0 Å². The molecule has 0 radical (unpaired) electrons. The average molecular weight is 485 g/mol. The molecular formula is C28H36O7. The number of aliphatic hydroxyl groups excluding tert-OH is 2. The molecule has 3 rings (SSSR count). The van der Waals surface area contributed by atoms with Crippen LogP contribution in [0.2, 0.25) is 0 Å². The SMILES string of the molecule is CCC(O)C[C@@H]1O[C@H](C[C@@H](COC(=O)c2ccccc2)OC(=O)c2ccccc2)[C@H](CO)[C@H]1CC. The molecule has 1 aliphatic rings. The summed E-state index contributed by atoms with van der Waals surface area (Å²) in [5, 5.41) is 20.3. The zero-order valence-electron chi connectivity index (χ0n) is 20.4. The van der Waals surface area contributed by atoms with Crippen molar-refractivity contribution < 1.29 is 34.0 Å². The fraction of sp³-hybridized carbons (Fsp3) is 0.500. The summed E-state index contributed by atoms with van der Waals surface area (Å²) in [6.07, 6.45) is 0.322. The van der Waals surface area contributed by atoms with Gasteiger partial charge >= 0.3 is 11.9 Å². The topological polar surface area (TPSA) is 102 Å². The van der Waals surface area contributed by atoms with E-state index in [-0.39, 0.29) is 37.6 Å². The normalized spacial score (nSPS) is 23.4. The van der Waals surface area contributed by atoms with Crippen molar-refractivity contribution in [2.75, 3.05) is 13.2 Å². The van der Waals surface area contributed by atoms with E-state index in [4.69, 9.17) is 14.2 Å². The average Bonchev–Trinajstić information content (AvgIpc) is 3.23. The van der Waals surface area contributed by atoms with Crippen molar-refractivity contribution in [3.05, 3.63) is 71.8 Å². The number of carbonyl (C=O) groups is 2. The van der Waals surface area contributed by atoms with Crippen LogP contribution in [0.15, 0.2) is 60.7 Å². The predicted octanol–water partition coefficient (Wildman–Crippen LogP) is 4.02. The Labute approximate surface area is 207 Å². The van der Waals surface area contributed by atoms with Crippen molar-refractivity contribution in [2.24, 2.45) is 11.8 Å². The van der Waals surface area contributed by atoms with Crippen molar-refractivity contribution in [1.29, 1.82) is 0 Å². The van der Waals surface area contributed by atoms with Crippen molar-refractivity contribution in [3.8, 4) is 0 Å². The maximum Gasteiger partial charge on any atom is 0.338 e. The Kier molecular flexibility index (Phi) is 10.3. The van der Waals surface area contributed by atoms with E-state index >= 15 is 0 Å². The molecule has 1 heterocycles. The molecule has 190 valence electrons. The summed E-state index contributed by atoms with van der Waals surface area (Å²) in [4.78, 5) is 25.3. The second-order valence-electron chi connectivity index (χ2n) is 9.02. The highest BCUT2D eigenvalue weighted by atomic mass is 16.6. The molecular weight excluding hydrogens is 448 g/mol. The summed E-state index contributed by atoms with van der Waals surface area (Å²) in [6.45, 7) is 3.75. The minimum Gasteiger partial charge on any atom is -0.458 e. The number of benzene rings is 2. The minimum absolute atomic E-state index is 0.0727. The van der Waals surface area contributed by atoms with Crippen LogP contribution in [-0.4, -0.2) is 59.8 Å². The number of aliphatic hydroxyl groups is 2. The molecule has 2 aromatic carbocycles. The van der Waals surface area contributed by atoms with E-state index in [1.54, 1.807) is 48.5 Å². The number of ether oxygens (including phenoxy) is 3. The molecule has 1 aliphatic heterocycles. The number of hydrogen-bond acceptors (Lipinski definition) is 7. The first-order valence-electron chi connectivity index (χ1n) is 12.4. The van der Waals surface area contributed by atoms with Gasteiger partial charge in [-0.25, -0.2) is 9.59 Å². The number of carbonyl (C=O) groups excluding carboxylic acids is 2. The fourth-order valence-electron chi connectivity index (χ4n) is 4.72. The number of rotatable bonds is 12. The summed E-state index contributed by atoms with van der Waals surface area (Å²) in [6, 6.07) is 17.2. The van der Waals surface area contributed by atoms with Crippen LogP contribution in [0.4, 0.5) is 0 Å². The molecule has 1 fully saturated rings. The van der Waals surface area contributed by atoms with Gasteiger partial charge in [0, 0.05) is 18.9 Å². The summed E-state index contributed by atoms with van der Waals surface area (Å²) in [5.41, 5.74) is 0.805. The number of esters is 2. The Morgan fingerprint density at radius 3 is 2.00 bits per heavy atom. The van der Waals surface area contributed by atoms with Crippen LogP contribution in [-0.2, 0) is 14.2 Å². The lowest BCUT2D eigenvalue weighted by atomic mass is 9.82. The molecule has 0 amide bonds. The molecule has 0 spiro atoms. The lowest BCUT2D eigenvalue weighted by Crippen LogP contribution is -2.33. The van der Waals surface area contributed by atoms with E-state index in [9.17, 15) is 19.8 Å². The summed E-state index contributed by atoms with van der Waals surface area (Å²) < 4.78 is 17.5. The van der Waals surface area contributed by atoms with Gasteiger partial charge in [-0.15, -0.1) is 0 Å². The molecule has 1 unspecified atom stereocenters. The first-order chi connectivity index (χ1) is 17.0. The fourth-order valence-corrected chi connectivity index (χ4v) is 4.72. The van der Waals surface area contributed by atoms with E-state index in [2.05, 4.69) is 0 Å². The highest BCUT2D eigenvalue weighted by Crippen LogP contribution is 2.39. The van der Waals surface area contributed by atoms with E-state index < -0.39 is 30.3 Å². The van der Waals surface area contributed by atoms with Crippen LogP contribution >= 0.6 is 0 Å². The molecule has 0 saturated carbocycles. The van der Waals surface area contributed by atoms with Crippen molar-refractivity contribution >= 4 is 11.9 Å². The summed E-state index contributed by atoms with van der Waals surface area (Å²) in [7, 11) is 0. The Morgan fingerprint density at radius 2 is 1.46 bits per heavy atom. The highest BCUT2D eigenvalue weighted by Gasteiger charge is 2.44. The van der Waals surface area contributed by atoms with Gasteiger partial charge in [0.15, 0.2) is 0 Å². The molecule has 35 heavy (non-hydrogen) atoms. The monoisotopic (exact) mass is 484 g/mol. The summed E-state index contributed by atoms with van der Waals surface area (Å²) >= 11 is 0. The zero-order chi connectivity index (χ0) is 25.2. The second-order valence-corrected chi connectivity index (χ2v) is 9.02.